The van der Waals surface area contributed by atoms with Crippen molar-refractivity contribution in [3.63, 3.8) is 0 Å². The fraction of sp³-hybridized carbons (Fsp3) is 0.562. The smallest absolute Gasteiger partial charge is 0.229 e. The minimum Gasteiger partial charge on any atom is -0.361 e. The fourth-order valence-corrected chi connectivity index (χ4v) is 3.66. The van der Waals surface area contributed by atoms with Gasteiger partial charge in [-0.25, -0.2) is 0 Å². The second kappa shape index (κ2) is 7.30. The lowest BCUT2D eigenvalue weighted by Crippen LogP contribution is -2.33. The summed E-state index contributed by atoms with van der Waals surface area (Å²) in [4.78, 5) is 26.0. The highest BCUT2D eigenvalue weighted by Crippen LogP contribution is 2.27. The van der Waals surface area contributed by atoms with Gasteiger partial charge in [-0.2, -0.15) is 0 Å². The maximum absolute atomic E-state index is 12.3. The van der Waals surface area contributed by atoms with Crippen molar-refractivity contribution in [1.82, 2.24) is 20.7 Å². The number of anilines is 1. The van der Waals surface area contributed by atoms with Gasteiger partial charge >= 0.3 is 0 Å². The van der Waals surface area contributed by atoms with Crippen molar-refractivity contribution in [3.8, 4) is 0 Å². The Morgan fingerprint density at radius 2 is 2.16 bits per heavy atom. The molecule has 3 heterocycles. The van der Waals surface area contributed by atoms with Gasteiger partial charge in [0.2, 0.25) is 16.9 Å². The first-order valence-corrected chi connectivity index (χ1v) is 9.07. The van der Waals surface area contributed by atoms with Gasteiger partial charge < -0.3 is 9.84 Å². The van der Waals surface area contributed by atoms with Gasteiger partial charge in [0, 0.05) is 25.1 Å². The molecule has 0 radical (unpaired) electrons. The van der Waals surface area contributed by atoms with E-state index in [0.717, 1.165) is 34.9 Å². The normalized spacial score (nSPS) is 17.3. The molecule has 0 aromatic carbocycles. The molecule has 25 heavy (non-hydrogen) atoms. The molecule has 1 unspecified atom stereocenters. The van der Waals surface area contributed by atoms with Crippen LogP contribution >= 0.6 is 11.3 Å². The molecule has 1 atom stereocenters. The van der Waals surface area contributed by atoms with Crippen LogP contribution in [-0.4, -0.2) is 40.3 Å². The molecule has 1 N–H and O–H groups in total. The molecule has 0 spiro atoms. The molecule has 2 aromatic heterocycles. The highest BCUT2D eigenvalue weighted by atomic mass is 32.1. The van der Waals surface area contributed by atoms with Crippen LogP contribution in [0.4, 0.5) is 5.13 Å². The highest BCUT2D eigenvalue weighted by Gasteiger charge is 2.36. The van der Waals surface area contributed by atoms with Crippen molar-refractivity contribution >= 4 is 28.3 Å². The number of amides is 2. The van der Waals surface area contributed by atoms with E-state index in [2.05, 4.69) is 20.7 Å². The van der Waals surface area contributed by atoms with Crippen molar-refractivity contribution in [2.45, 2.75) is 40.0 Å². The lowest BCUT2D eigenvalue weighted by Gasteiger charge is -2.12. The van der Waals surface area contributed by atoms with Gasteiger partial charge in [0.1, 0.15) is 10.8 Å². The van der Waals surface area contributed by atoms with E-state index in [0.29, 0.717) is 18.2 Å². The minimum atomic E-state index is -0.337. The minimum absolute atomic E-state index is 0.0768. The lowest BCUT2D eigenvalue weighted by atomic mass is 10.1. The van der Waals surface area contributed by atoms with Gasteiger partial charge in [-0.3, -0.25) is 14.5 Å². The number of nitrogens with zero attached hydrogens (tertiary/aromatic N) is 4. The third-order valence-electron chi connectivity index (χ3n) is 4.33. The Morgan fingerprint density at radius 1 is 1.36 bits per heavy atom. The average Bonchev–Trinajstić information content (AvgIpc) is 3.25. The van der Waals surface area contributed by atoms with Gasteiger partial charge in [-0.1, -0.05) is 16.5 Å². The van der Waals surface area contributed by atoms with Crippen molar-refractivity contribution in [2.75, 3.05) is 18.0 Å². The molecule has 3 rings (SSSR count). The molecule has 8 nitrogen and oxygen atoms in total. The van der Waals surface area contributed by atoms with E-state index in [-0.39, 0.29) is 24.2 Å². The molecule has 9 heteroatoms. The second-order valence-electron chi connectivity index (χ2n) is 6.21. The van der Waals surface area contributed by atoms with Crippen LogP contribution in [0.1, 0.15) is 34.9 Å². The van der Waals surface area contributed by atoms with Gasteiger partial charge in [-0.15, -0.1) is 10.2 Å². The maximum Gasteiger partial charge on any atom is 0.229 e. The fourth-order valence-electron chi connectivity index (χ4n) is 2.94. The molecule has 0 saturated carbocycles. The number of carbonyl (C=O) groups is 2. The Hall–Kier alpha value is -2.29. The zero-order chi connectivity index (χ0) is 18.0. The van der Waals surface area contributed by atoms with E-state index in [1.54, 1.807) is 4.90 Å². The van der Waals surface area contributed by atoms with Crippen LogP contribution in [0.25, 0.3) is 0 Å². The number of aryl methyl sites for hydroxylation is 3. The summed E-state index contributed by atoms with van der Waals surface area (Å²) in [5, 5.41) is 16.1. The van der Waals surface area contributed by atoms with Crippen LogP contribution in [0.15, 0.2) is 4.52 Å². The van der Waals surface area contributed by atoms with Gasteiger partial charge in [0.15, 0.2) is 0 Å². The number of nitrogens with one attached hydrogen (secondary N) is 1. The third kappa shape index (κ3) is 3.87. The summed E-state index contributed by atoms with van der Waals surface area (Å²) in [6, 6.07) is 0. The number of aromatic nitrogens is 3. The summed E-state index contributed by atoms with van der Waals surface area (Å²) < 4.78 is 5.13. The van der Waals surface area contributed by atoms with Gasteiger partial charge in [0.25, 0.3) is 0 Å². The first kappa shape index (κ1) is 17.5. The molecular weight excluding hydrogens is 342 g/mol. The van der Waals surface area contributed by atoms with Crippen LogP contribution in [-0.2, 0) is 16.0 Å². The van der Waals surface area contributed by atoms with E-state index in [4.69, 9.17) is 4.52 Å². The molecule has 134 valence electrons. The Bertz CT molecular complexity index is 765. The Morgan fingerprint density at radius 3 is 2.80 bits per heavy atom. The summed E-state index contributed by atoms with van der Waals surface area (Å²) in [5.41, 5.74) is 2.00. The predicted molar refractivity (Wildman–Crippen MR) is 92.4 cm³/mol. The summed E-state index contributed by atoms with van der Waals surface area (Å²) in [5.74, 6) is 0.326. The van der Waals surface area contributed by atoms with Crippen molar-refractivity contribution < 1.29 is 14.1 Å². The Labute approximate surface area is 149 Å². The molecule has 2 amide bonds. The lowest BCUT2D eigenvalue weighted by molar-refractivity contribution is -0.126. The summed E-state index contributed by atoms with van der Waals surface area (Å²) in [7, 11) is 0. The first-order chi connectivity index (χ1) is 12.0. The molecule has 1 aliphatic rings. The van der Waals surface area contributed by atoms with Crippen LogP contribution < -0.4 is 10.2 Å². The average molecular weight is 363 g/mol. The van der Waals surface area contributed by atoms with E-state index in [9.17, 15) is 9.59 Å². The predicted octanol–water partition coefficient (Wildman–Crippen LogP) is 1.55. The van der Waals surface area contributed by atoms with Crippen molar-refractivity contribution in [1.29, 1.82) is 0 Å². The molecule has 2 aromatic rings. The van der Waals surface area contributed by atoms with Crippen LogP contribution in [0, 0.1) is 26.7 Å². The maximum atomic E-state index is 12.3. The Kier molecular flexibility index (Phi) is 5.12. The van der Waals surface area contributed by atoms with E-state index < -0.39 is 0 Å². The third-order valence-corrected chi connectivity index (χ3v) is 5.19. The Balaban J connectivity index is 1.47. The van der Waals surface area contributed by atoms with Crippen molar-refractivity contribution in [3.05, 3.63) is 22.0 Å². The highest BCUT2D eigenvalue weighted by molar-refractivity contribution is 7.15. The number of carbonyl (C=O) groups excluding carboxylic acids is 2. The van der Waals surface area contributed by atoms with Crippen molar-refractivity contribution in [2.24, 2.45) is 5.92 Å². The number of hydrogen-bond acceptors (Lipinski definition) is 7. The van der Waals surface area contributed by atoms with Crippen LogP contribution in [0.2, 0.25) is 0 Å². The largest absolute Gasteiger partial charge is 0.361 e. The van der Waals surface area contributed by atoms with E-state index >= 15 is 0 Å². The number of rotatable bonds is 6. The quantitative estimate of drug-likeness (QED) is 0.782. The van der Waals surface area contributed by atoms with E-state index in [1.165, 1.54) is 11.3 Å². The SMILES string of the molecule is Cc1nnc(N2CC(C(=O)NCCCc3c(C)noc3C)CC2=O)s1. The first-order valence-electron chi connectivity index (χ1n) is 8.25. The van der Waals surface area contributed by atoms with Gasteiger partial charge in [-0.05, 0) is 33.6 Å². The standard InChI is InChI=1S/C16H21N5O3S/c1-9-13(10(2)24-20-9)5-4-6-17-15(23)12-7-14(22)21(8-12)16-19-18-11(3)25-16/h12H,4-8H2,1-3H3,(H,17,23). The molecule has 0 aliphatic carbocycles. The molecule has 1 saturated heterocycles. The zero-order valence-corrected chi connectivity index (χ0v) is 15.4. The summed E-state index contributed by atoms with van der Waals surface area (Å²) >= 11 is 1.36. The molecule has 1 aliphatic heterocycles. The second-order valence-corrected chi connectivity index (χ2v) is 7.37. The monoisotopic (exact) mass is 363 g/mol. The topological polar surface area (TPSA) is 101 Å². The summed E-state index contributed by atoms with van der Waals surface area (Å²) in [6.45, 7) is 6.57. The molecule has 1 fully saturated rings. The van der Waals surface area contributed by atoms with E-state index in [1.807, 2.05) is 20.8 Å². The summed E-state index contributed by atoms with van der Waals surface area (Å²) in [6.07, 6.45) is 1.82. The van der Waals surface area contributed by atoms with Crippen LogP contribution in [0.3, 0.4) is 0 Å². The molecular formula is C16H21N5O3S. The van der Waals surface area contributed by atoms with Gasteiger partial charge in [0.05, 0.1) is 11.6 Å². The number of hydrogen-bond donors (Lipinski definition) is 1. The van der Waals surface area contributed by atoms with Crippen LogP contribution in [0.5, 0.6) is 0 Å². The zero-order valence-electron chi connectivity index (χ0n) is 14.5. The molecule has 0 bridgehead atoms.